The van der Waals surface area contributed by atoms with Gasteiger partial charge in [-0.1, -0.05) is 0 Å². The first-order chi connectivity index (χ1) is 8.85. The molecule has 19 heavy (non-hydrogen) atoms. The number of methoxy groups -OCH3 is 2. The van der Waals surface area contributed by atoms with Crippen LogP contribution in [0.15, 0.2) is 17.0 Å². The molecule has 0 saturated heterocycles. The SMILES string of the molecule is CCNC(=O)c1cc(OC)c(OC)c(S(=O)(=O)Cl)c1. The first kappa shape index (κ1) is 15.6. The van der Waals surface area contributed by atoms with Gasteiger partial charge in [0, 0.05) is 22.8 Å². The normalized spacial score (nSPS) is 10.9. The van der Waals surface area contributed by atoms with Crippen molar-refractivity contribution < 1.29 is 22.7 Å². The molecule has 0 saturated carbocycles. The molecule has 0 aliphatic rings. The van der Waals surface area contributed by atoms with Crippen LogP contribution in [0, 0.1) is 0 Å². The van der Waals surface area contributed by atoms with Crippen LogP contribution in [0.3, 0.4) is 0 Å². The van der Waals surface area contributed by atoms with Crippen LogP contribution in [0.1, 0.15) is 17.3 Å². The lowest BCUT2D eigenvalue weighted by molar-refractivity contribution is 0.0955. The summed E-state index contributed by atoms with van der Waals surface area (Å²) in [4.78, 5) is 11.4. The lowest BCUT2D eigenvalue weighted by atomic mass is 10.2. The second kappa shape index (κ2) is 6.12. The Bertz CT molecular complexity index is 585. The molecule has 0 fully saturated rings. The molecular weight excluding hydrogens is 294 g/mol. The molecule has 6 nitrogen and oxygen atoms in total. The smallest absolute Gasteiger partial charge is 0.265 e. The Morgan fingerprint density at radius 1 is 1.32 bits per heavy atom. The van der Waals surface area contributed by atoms with Gasteiger partial charge in [-0.15, -0.1) is 0 Å². The van der Waals surface area contributed by atoms with Gasteiger partial charge in [0.15, 0.2) is 11.5 Å². The molecule has 0 heterocycles. The van der Waals surface area contributed by atoms with Gasteiger partial charge in [-0.2, -0.15) is 0 Å². The van der Waals surface area contributed by atoms with Crippen LogP contribution in [0.25, 0.3) is 0 Å². The second-order valence-corrected chi connectivity index (χ2v) is 6.04. The Morgan fingerprint density at radius 3 is 2.37 bits per heavy atom. The maximum atomic E-state index is 11.7. The van der Waals surface area contributed by atoms with E-state index in [1.807, 2.05) is 0 Å². The topological polar surface area (TPSA) is 81.7 Å². The summed E-state index contributed by atoms with van der Waals surface area (Å²) in [7, 11) is 3.89. The predicted molar refractivity (Wildman–Crippen MR) is 70.6 cm³/mol. The standard InChI is InChI=1S/C11H14ClNO5S/c1-4-13-11(14)7-5-8(17-2)10(18-3)9(6-7)19(12,15)16/h5-6H,4H2,1-3H3,(H,13,14). The van der Waals surface area contributed by atoms with Gasteiger partial charge >= 0.3 is 0 Å². The van der Waals surface area contributed by atoms with Crippen molar-refractivity contribution in [3.05, 3.63) is 17.7 Å². The predicted octanol–water partition coefficient (Wildman–Crippen LogP) is 1.38. The van der Waals surface area contributed by atoms with Gasteiger partial charge in [0.25, 0.3) is 15.0 Å². The van der Waals surface area contributed by atoms with Crippen molar-refractivity contribution >= 4 is 25.6 Å². The molecule has 0 aliphatic heterocycles. The van der Waals surface area contributed by atoms with E-state index in [9.17, 15) is 13.2 Å². The highest BCUT2D eigenvalue weighted by Crippen LogP contribution is 2.37. The van der Waals surface area contributed by atoms with Crippen LogP contribution < -0.4 is 14.8 Å². The van der Waals surface area contributed by atoms with Crippen LogP contribution in [0.4, 0.5) is 0 Å². The molecular formula is C11H14ClNO5S. The maximum Gasteiger partial charge on any atom is 0.265 e. The average Bonchev–Trinajstić information content (AvgIpc) is 2.36. The van der Waals surface area contributed by atoms with E-state index >= 15 is 0 Å². The number of carbonyl (C=O) groups is 1. The van der Waals surface area contributed by atoms with Crippen molar-refractivity contribution in [3.63, 3.8) is 0 Å². The van der Waals surface area contributed by atoms with Crippen molar-refractivity contribution in [3.8, 4) is 11.5 Å². The summed E-state index contributed by atoms with van der Waals surface area (Å²) < 4.78 is 33.0. The van der Waals surface area contributed by atoms with E-state index in [2.05, 4.69) is 5.32 Å². The summed E-state index contributed by atoms with van der Waals surface area (Å²) in [5.74, 6) is -0.346. The zero-order chi connectivity index (χ0) is 14.6. The highest BCUT2D eigenvalue weighted by molar-refractivity contribution is 8.13. The third kappa shape index (κ3) is 3.51. The summed E-state index contributed by atoms with van der Waals surface area (Å²) in [6.07, 6.45) is 0. The summed E-state index contributed by atoms with van der Waals surface area (Å²) in [6, 6.07) is 2.53. The molecule has 1 rings (SSSR count). The van der Waals surface area contributed by atoms with Crippen LogP contribution >= 0.6 is 10.7 Å². The van der Waals surface area contributed by atoms with Gasteiger partial charge in [-0.25, -0.2) is 8.42 Å². The van der Waals surface area contributed by atoms with E-state index in [-0.39, 0.29) is 22.0 Å². The monoisotopic (exact) mass is 307 g/mol. The highest BCUT2D eigenvalue weighted by atomic mass is 35.7. The van der Waals surface area contributed by atoms with Gasteiger partial charge in [0.05, 0.1) is 14.2 Å². The lowest BCUT2D eigenvalue weighted by Gasteiger charge is -2.13. The van der Waals surface area contributed by atoms with Crippen molar-refractivity contribution in [2.45, 2.75) is 11.8 Å². The zero-order valence-corrected chi connectivity index (χ0v) is 12.3. The Kier molecular flexibility index (Phi) is 5.02. The van der Waals surface area contributed by atoms with Crippen molar-refractivity contribution in [1.29, 1.82) is 0 Å². The number of ether oxygens (including phenoxy) is 2. The third-order valence-corrected chi connectivity index (χ3v) is 3.63. The molecule has 1 aromatic rings. The van der Waals surface area contributed by atoms with E-state index in [4.69, 9.17) is 20.2 Å². The van der Waals surface area contributed by atoms with Gasteiger partial charge in [0.2, 0.25) is 0 Å². The van der Waals surface area contributed by atoms with Gasteiger partial charge < -0.3 is 14.8 Å². The number of nitrogens with one attached hydrogen (secondary N) is 1. The largest absolute Gasteiger partial charge is 0.493 e. The highest BCUT2D eigenvalue weighted by Gasteiger charge is 2.23. The number of hydrogen-bond acceptors (Lipinski definition) is 5. The quantitative estimate of drug-likeness (QED) is 0.831. The third-order valence-electron chi connectivity index (χ3n) is 2.31. The van der Waals surface area contributed by atoms with Gasteiger partial charge in [0.1, 0.15) is 4.90 Å². The second-order valence-electron chi connectivity index (χ2n) is 3.51. The molecule has 0 spiro atoms. The van der Waals surface area contributed by atoms with E-state index in [0.717, 1.165) is 6.07 Å². The van der Waals surface area contributed by atoms with E-state index in [1.54, 1.807) is 6.92 Å². The number of carbonyl (C=O) groups excluding carboxylic acids is 1. The molecule has 1 N–H and O–H groups in total. The Balaban J connectivity index is 3.52. The Labute approximate surface area is 116 Å². The lowest BCUT2D eigenvalue weighted by Crippen LogP contribution is -2.23. The van der Waals surface area contributed by atoms with E-state index in [0.29, 0.717) is 6.54 Å². The summed E-state index contributed by atoms with van der Waals surface area (Å²) in [6.45, 7) is 2.16. The minimum atomic E-state index is -4.06. The van der Waals surface area contributed by atoms with E-state index < -0.39 is 15.0 Å². The number of benzene rings is 1. The molecule has 106 valence electrons. The van der Waals surface area contributed by atoms with Crippen LogP contribution in [-0.2, 0) is 9.05 Å². The number of amides is 1. The number of rotatable bonds is 5. The van der Waals surface area contributed by atoms with Crippen molar-refractivity contribution in [2.75, 3.05) is 20.8 Å². The van der Waals surface area contributed by atoms with Crippen LogP contribution in [0.2, 0.25) is 0 Å². The molecule has 1 amide bonds. The molecule has 1 aromatic carbocycles. The summed E-state index contributed by atoms with van der Waals surface area (Å²) in [5, 5.41) is 2.56. The number of hydrogen-bond donors (Lipinski definition) is 1. The molecule has 0 aliphatic carbocycles. The zero-order valence-electron chi connectivity index (χ0n) is 10.7. The molecule has 0 aromatic heterocycles. The first-order valence-corrected chi connectivity index (χ1v) is 7.65. The summed E-state index contributed by atoms with van der Waals surface area (Å²) in [5.41, 5.74) is 0.124. The minimum absolute atomic E-state index is 0.0365. The maximum absolute atomic E-state index is 11.7. The Hall–Kier alpha value is -1.47. The fraction of sp³-hybridized carbons (Fsp3) is 0.364. The average molecular weight is 308 g/mol. The molecule has 0 unspecified atom stereocenters. The Morgan fingerprint density at radius 2 is 1.95 bits per heavy atom. The molecule has 0 radical (unpaired) electrons. The van der Waals surface area contributed by atoms with Gasteiger partial charge in [-0.05, 0) is 19.1 Å². The van der Waals surface area contributed by atoms with Crippen molar-refractivity contribution in [2.24, 2.45) is 0 Å². The van der Waals surface area contributed by atoms with Gasteiger partial charge in [-0.3, -0.25) is 4.79 Å². The number of halogens is 1. The molecule has 0 bridgehead atoms. The van der Waals surface area contributed by atoms with Crippen LogP contribution in [0.5, 0.6) is 11.5 Å². The summed E-state index contributed by atoms with van der Waals surface area (Å²) >= 11 is 0. The van der Waals surface area contributed by atoms with E-state index in [1.165, 1.54) is 20.3 Å². The first-order valence-electron chi connectivity index (χ1n) is 5.34. The fourth-order valence-corrected chi connectivity index (χ4v) is 2.52. The molecule has 8 heteroatoms. The molecule has 0 atom stereocenters. The van der Waals surface area contributed by atoms with Crippen molar-refractivity contribution in [1.82, 2.24) is 5.32 Å². The van der Waals surface area contributed by atoms with Crippen LogP contribution in [-0.4, -0.2) is 35.1 Å². The fourth-order valence-electron chi connectivity index (χ4n) is 1.50. The minimum Gasteiger partial charge on any atom is -0.493 e.